The van der Waals surface area contributed by atoms with Crippen molar-refractivity contribution in [3.63, 3.8) is 0 Å². The van der Waals surface area contributed by atoms with Crippen molar-refractivity contribution in [3.05, 3.63) is 52.5 Å². The molecule has 0 radical (unpaired) electrons. The van der Waals surface area contributed by atoms with E-state index in [1.165, 1.54) is 34.8 Å². The van der Waals surface area contributed by atoms with Crippen LogP contribution < -0.4 is 10.6 Å². The second-order valence-electron chi connectivity index (χ2n) is 4.91. The van der Waals surface area contributed by atoms with Crippen LogP contribution in [0, 0.1) is 0 Å². The summed E-state index contributed by atoms with van der Waals surface area (Å²) in [5.41, 5.74) is 0.0635. The second-order valence-corrected chi connectivity index (χ2v) is 6.66. The number of carbonyl (C=O) groups excluding carboxylic acids is 1. The Morgan fingerprint density at radius 1 is 1.20 bits per heavy atom. The highest BCUT2D eigenvalue weighted by Crippen LogP contribution is 2.31. The molecule has 0 atom stereocenters. The van der Waals surface area contributed by atoms with E-state index in [1.54, 1.807) is 17.0 Å². The van der Waals surface area contributed by atoms with Crippen molar-refractivity contribution in [1.29, 1.82) is 0 Å². The molecule has 0 spiro atoms. The fraction of sp³-hybridized carbons (Fsp3) is 0.133. The molecule has 1 amide bonds. The van der Waals surface area contributed by atoms with E-state index in [0.29, 0.717) is 16.0 Å². The third kappa shape index (κ3) is 4.77. The third-order valence-electron chi connectivity index (χ3n) is 3.01. The number of nitrogens with zero attached hydrogens (tertiary/aromatic N) is 2. The van der Waals surface area contributed by atoms with Gasteiger partial charge in [-0.05, 0) is 18.2 Å². The van der Waals surface area contributed by atoms with Crippen molar-refractivity contribution in [1.82, 2.24) is 9.97 Å². The smallest absolute Gasteiger partial charge is 0.332 e. The summed E-state index contributed by atoms with van der Waals surface area (Å²) in [7, 11) is 0. The monoisotopic (exact) mass is 384 g/mol. The maximum atomic E-state index is 12.7. The first-order valence-corrected chi connectivity index (χ1v) is 8.74. The number of anilines is 3. The van der Waals surface area contributed by atoms with Gasteiger partial charge in [0, 0.05) is 22.6 Å². The summed E-state index contributed by atoms with van der Waals surface area (Å²) in [4.78, 5) is 20.0. The number of alkyl halides is 3. The first-order chi connectivity index (χ1) is 11.9. The number of hydrogen-bond donors (Lipinski definition) is 2. The minimum Gasteiger partial charge on any atom is -0.332 e. The lowest BCUT2D eigenvalue weighted by Crippen LogP contribution is -2.14. The molecule has 5 nitrogen and oxygen atoms in total. The number of hydrogen-bond acceptors (Lipinski definition) is 6. The van der Waals surface area contributed by atoms with Crippen molar-refractivity contribution < 1.29 is 18.0 Å². The lowest BCUT2D eigenvalue weighted by atomic mass is 10.2. The maximum Gasteiger partial charge on any atom is 0.416 e. The van der Waals surface area contributed by atoms with Gasteiger partial charge in [0.2, 0.25) is 5.91 Å². The number of nitrogens with one attached hydrogen (secondary N) is 2. The Hall–Kier alpha value is -2.46. The molecule has 25 heavy (non-hydrogen) atoms. The number of rotatable bonds is 5. The minimum atomic E-state index is -4.40. The highest BCUT2D eigenvalue weighted by atomic mass is 32.1. The molecule has 0 aliphatic carbocycles. The largest absolute Gasteiger partial charge is 0.416 e. The Bertz CT molecular complexity index is 862. The van der Waals surface area contributed by atoms with Crippen LogP contribution in [-0.4, -0.2) is 15.9 Å². The Morgan fingerprint density at radius 2 is 2.04 bits per heavy atom. The quantitative estimate of drug-likeness (QED) is 0.678. The Balaban J connectivity index is 1.63. The first kappa shape index (κ1) is 17.4. The average molecular weight is 384 g/mol. The molecule has 0 saturated heterocycles. The van der Waals surface area contributed by atoms with Crippen molar-refractivity contribution in [2.24, 2.45) is 0 Å². The molecule has 0 bridgehead atoms. The molecule has 3 rings (SSSR count). The molecule has 2 heterocycles. The molecule has 0 aliphatic rings. The van der Waals surface area contributed by atoms with Crippen LogP contribution in [0.5, 0.6) is 0 Å². The van der Waals surface area contributed by atoms with Crippen LogP contribution in [0.1, 0.15) is 11.3 Å². The van der Waals surface area contributed by atoms with Gasteiger partial charge < -0.3 is 10.6 Å². The topological polar surface area (TPSA) is 66.9 Å². The van der Waals surface area contributed by atoms with E-state index in [4.69, 9.17) is 0 Å². The number of aromatic nitrogens is 2. The normalized spacial score (nSPS) is 11.3. The molecule has 2 N–H and O–H groups in total. The summed E-state index contributed by atoms with van der Waals surface area (Å²) in [6.07, 6.45) is -2.76. The standard InChI is InChI=1S/C15H11F3N4OS2/c16-15(17,18)9-2-1-3-10(6-9)20-14-21-11(8-25-14)7-12(23)22-13-19-4-5-24-13/h1-6,8H,7H2,(H,20,21)(H,19,22,23). The Labute approximate surface area is 148 Å². The summed E-state index contributed by atoms with van der Waals surface area (Å²) in [6, 6.07) is 4.85. The van der Waals surface area contributed by atoms with E-state index < -0.39 is 11.7 Å². The summed E-state index contributed by atoms with van der Waals surface area (Å²) in [5, 5.41) is 9.80. The Kier molecular flexibility index (Phi) is 5.00. The highest BCUT2D eigenvalue weighted by Gasteiger charge is 2.30. The van der Waals surface area contributed by atoms with Crippen LogP contribution in [0.3, 0.4) is 0 Å². The van der Waals surface area contributed by atoms with Gasteiger partial charge in [-0.15, -0.1) is 22.7 Å². The average Bonchev–Trinajstić information content (AvgIpc) is 3.19. The zero-order valence-corrected chi connectivity index (χ0v) is 14.1. The molecular weight excluding hydrogens is 373 g/mol. The lowest BCUT2D eigenvalue weighted by Gasteiger charge is -2.08. The van der Waals surface area contributed by atoms with Crippen LogP contribution in [0.15, 0.2) is 41.2 Å². The van der Waals surface area contributed by atoms with Gasteiger partial charge in [0.1, 0.15) is 0 Å². The van der Waals surface area contributed by atoms with Crippen LogP contribution in [-0.2, 0) is 17.4 Å². The molecule has 0 unspecified atom stereocenters. The van der Waals surface area contributed by atoms with Gasteiger partial charge in [0.05, 0.1) is 17.7 Å². The van der Waals surface area contributed by atoms with Gasteiger partial charge in [-0.3, -0.25) is 4.79 Å². The van der Waals surface area contributed by atoms with Gasteiger partial charge in [-0.1, -0.05) is 6.07 Å². The van der Waals surface area contributed by atoms with Crippen LogP contribution in [0.4, 0.5) is 29.1 Å². The van der Waals surface area contributed by atoms with Crippen LogP contribution in [0.25, 0.3) is 0 Å². The third-order valence-corrected chi connectivity index (χ3v) is 4.51. The predicted octanol–water partition coefficient (Wildman–Crippen LogP) is 4.54. The van der Waals surface area contributed by atoms with E-state index >= 15 is 0 Å². The van der Waals surface area contributed by atoms with E-state index in [9.17, 15) is 18.0 Å². The number of carbonyl (C=O) groups is 1. The summed E-state index contributed by atoms with van der Waals surface area (Å²) >= 11 is 2.52. The van der Waals surface area contributed by atoms with Crippen molar-refractivity contribution >= 4 is 44.5 Å². The predicted molar refractivity (Wildman–Crippen MR) is 91.3 cm³/mol. The van der Waals surface area contributed by atoms with Gasteiger partial charge in [-0.25, -0.2) is 9.97 Å². The molecular formula is C15H11F3N4OS2. The highest BCUT2D eigenvalue weighted by molar-refractivity contribution is 7.14. The fourth-order valence-electron chi connectivity index (χ4n) is 1.96. The number of thiazole rings is 2. The molecule has 0 aliphatic heterocycles. The number of halogens is 3. The maximum absolute atomic E-state index is 12.7. The molecule has 1 aromatic carbocycles. The summed E-state index contributed by atoms with van der Waals surface area (Å²) in [6.45, 7) is 0. The number of amides is 1. The van der Waals surface area contributed by atoms with Crippen molar-refractivity contribution in [2.45, 2.75) is 12.6 Å². The molecule has 3 aromatic rings. The molecule has 2 aromatic heterocycles. The SMILES string of the molecule is O=C(Cc1csc(Nc2cccc(C(F)(F)F)c2)n1)Nc1nccs1. The fourth-order valence-corrected chi connectivity index (χ4v) is 3.23. The van der Waals surface area contributed by atoms with E-state index in [2.05, 4.69) is 20.6 Å². The number of benzene rings is 1. The molecule has 0 fully saturated rings. The molecule has 10 heteroatoms. The van der Waals surface area contributed by atoms with Gasteiger partial charge in [-0.2, -0.15) is 13.2 Å². The first-order valence-electron chi connectivity index (χ1n) is 6.98. The van der Waals surface area contributed by atoms with Gasteiger partial charge >= 0.3 is 6.18 Å². The van der Waals surface area contributed by atoms with Gasteiger partial charge in [0.25, 0.3) is 0 Å². The van der Waals surface area contributed by atoms with Crippen LogP contribution in [0.2, 0.25) is 0 Å². The lowest BCUT2D eigenvalue weighted by molar-refractivity contribution is -0.137. The van der Waals surface area contributed by atoms with Gasteiger partial charge in [0.15, 0.2) is 10.3 Å². The molecule has 130 valence electrons. The molecule has 0 saturated carbocycles. The summed E-state index contributed by atoms with van der Waals surface area (Å²) < 4.78 is 38.2. The van der Waals surface area contributed by atoms with E-state index in [0.717, 1.165) is 12.1 Å². The zero-order valence-electron chi connectivity index (χ0n) is 12.5. The second kappa shape index (κ2) is 7.19. The van der Waals surface area contributed by atoms with Crippen LogP contribution >= 0.6 is 22.7 Å². The van der Waals surface area contributed by atoms with Crippen molar-refractivity contribution in [3.8, 4) is 0 Å². The zero-order chi connectivity index (χ0) is 17.9. The Morgan fingerprint density at radius 3 is 2.76 bits per heavy atom. The minimum absolute atomic E-state index is 0.0559. The van der Waals surface area contributed by atoms with E-state index in [1.807, 2.05) is 0 Å². The van der Waals surface area contributed by atoms with E-state index in [-0.39, 0.29) is 18.0 Å². The van der Waals surface area contributed by atoms with Crippen molar-refractivity contribution in [2.75, 3.05) is 10.6 Å². The summed E-state index contributed by atoms with van der Waals surface area (Å²) in [5.74, 6) is -0.258.